The van der Waals surface area contributed by atoms with Gasteiger partial charge >= 0.3 is 0 Å². The summed E-state index contributed by atoms with van der Waals surface area (Å²) < 4.78 is 2.38. The molecule has 5 heteroatoms. The minimum Gasteiger partial charge on any atom is -0.375 e. The summed E-state index contributed by atoms with van der Waals surface area (Å²) in [4.78, 5) is 9.11. The highest BCUT2D eigenvalue weighted by atomic mass is 32.1. The summed E-state index contributed by atoms with van der Waals surface area (Å²) in [6.07, 6.45) is 3.28. The molecule has 2 N–H and O–H groups in total. The number of imidazole rings is 1. The van der Waals surface area contributed by atoms with Crippen molar-refractivity contribution in [3.63, 3.8) is 0 Å². The highest BCUT2D eigenvalue weighted by molar-refractivity contribution is 7.13. The van der Waals surface area contributed by atoms with Gasteiger partial charge in [0, 0.05) is 17.8 Å². The molecule has 0 bridgehead atoms. The molecule has 1 aliphatic rings. The maximum atomic E-state index is 5.70. The smallest absolute Gasteiger partial charge is 0.180 e. The van der Waals surface area contributed by atoms with Crippen molar-refractivity contribution in [1.82, 2.24) is 14.5 Å². The Morgan fingerprint density at radius 3 is 2.84 bits per heavy atom. The molecular formula is C14H14N4S. The van der Waals surface area contributed by atoms with Crippen molar-refractivity contribution in [3.05, 3.63) is 41.2 Å². The van der Waals surface area contributed by atoms with E-state index in [4.69, 9.17) is 10.7 Å². The Kier molecular flexibility index (Phi) is 2.35. The fourth-order valence-corrected chi connectivity index (χ4v) is 3.09. The second-order valence-corrected chi connectivity index (χ2v) is 5.86. The fourth-order valence-electron chi connectivity index (χ4n) is 2.53. The zero-order valence-electron chi connectivity index (χ0n) is 10.4. The lowest BCUT2D eigenvalue weighted by Crippen LogP contribution is -2.02. The van der Waals surface area contributed by atoms with Crippen molar-refractivity contribution in [2.75, 3.05) is 5.73 Å². The molecule has 96 valence electrons. The van der Waals surface area contributed by atoms with Crippen LogP contribution in [0.15, 0.2) is 29.6 Å². The lowest BCUT2D eigenvalue weighted by Gasteiger charge is -2.06. The van der Waals surface area contributed by atoms with E-state index in [0.29, 0.717) is 11.2 Å². The quantitative estimate of drug-likeness (QED) is 0.796. The van der Waals surface area contributed by atoms with Gasteiger partial charge in [0.1, 0.15) is 5.82 Å². The van der Waals surface area contributed by atoms with Gasteiger partial charge < -0.3 is 10.3 Å². The summed E-state index contributed by atoms with van der Waals surface area (Å²) >= 11 is 1.49. The van der Waals surface area contributed by atoms with Crippen LogP contribution in [0, 0.1) is 0 Å². The normalized spacial score (nSPS) is 15.2. The maximum absolute atomic E-state index is 5.70. The fraction of sp³-hybridized carbons (Fsp3) is 0.286. The molecule has 2 heterocycles. The molecule has 0 unspecified atom stereocenters. The number of hydrogen-bond donors (Lipinski definition) is 1. The number of anilines is 1. The Bertz CT molecular complexity index is 739. The van der Waals surface area contributed by atoms with Gasteiger partial charge in [-0.2, -0.15) is 0 Å². The van der Waals surface area contributed by atoms with Crippen molar-refractivity contribution in [2.24, 2.45) is 0 Å². The summed E-state index contributed by atoms with van der Waals surface area (Å²) in [5.74, 6) is 1.11. The Hall–Kier alpha value is -1.88. The third-order valence-electron chi connectivity index (χ3n) is 3.49. The van der Waals surface area contributed by atoms with Crippen molar-refractivity contribution in [3.8, 4) is 0 Å². The molecule has 1 fully saturated rings. The van der Waals surface area contributed by atoms with Crippen LogP contribution < -0.4 is 5.73 Å². The van der Waals surface area contributed by atoms with E-state index >= 15 is 0 Å². The number of benzene rings is 1. The number of hydrogen-bond acceptors (Lipinski definition) is 4. The van der Waals surface area contributed by atoms with Crippen LogP contribution in [-0.4, -0.2) is 14.5 Å². The largest absolute Gasteiger partial charge is 0.375 e. The van der Waals surface area contributed by atoms with Gasteiger partial charge in [-0.25, -0.2) is 9.97 Å². The molecule has 0 atom stereocenters. The Morgan fingerprint density at radius 2 is 2.11 bits per heavy atom. The molecule has 19 heavy (non-hydrogen) atoms. The van der Waals surface area contributed by atoms with Crippen LogP contribution in [0.3, 0.4) is 0 Å². The summed E-state index contributed by atoms with van der Waals surface area (Å²) in [5.41, 5.74) is 9.03. The van der Waals surface area contributed by atoms with Gasteiger partial charge in [0.05, 0.1) is 16.7 Å². The van der Waals surface area contributed by atoms with E-state index in [9.17, 15) is 0 Å². The molecule has 1 aromatic carbocycles. The predicted molar refractivity (Wildman–Crippen MR) is 77.3 cm³/mol. The van der Waals surface area contributed by atoms with Gasteiger partial charge in [0.2, 0.25) is 0 Å². The average molecular weight is 270 g/mol. The van der Waals surface area contributed by atoms with Gasteiger partial charge in [-0.15, -0.1) is 11.3 Å². The lowest BCUT2D eigenvalue weighted by atomic mass is 10.3. The second-order valence-electron chi connectivity index (χ2n) is 4.97. The van der Waals surface area contributed by atoms with Crippen molar-refractivity contribution in [1.29, 1.82) is 0 Å². The van der Waals surface area contributed by atoms with Crippen LogP contribution in [-0.2, 0) is 6.42 Å². The van der Waals surface area contributed by atoms with Crippen LogP contribution in [0.4, 0.5) is 5.13 Å². The molecule has 4 nitrogen and oxygen atoms in total. The predicted octanol–water partition coefficient (Wildman–Crippen LogP) is 3.00. The van der Waals surface area contributed by atoms with E-state index in [1.54, 1.807) is 0 Å². The van der Waals surface area contributed by atoms with Crippen LogP contribution in [0.25, 0.3) is 11.0 Å². The maximum Gasteiger partial charge on any atom is 0.180 e. The van der Waals surface area contributed by atoms with Crippen LogP contribution in [0.2, 0.25) is 0 Å². The van der Waals surface area contributed by atoms with Gasteiger partial charge in [-0.1, -0.05) is 12.1 Å². The zero-order valence-corrected chi connectivity index (χ0v) is 11.2. The number of aromatic nitrogens is 3. The van der Waals surface area contributed by atoms with E-state index in [1.807, 2.05) is 11.4 Å². The molecule has 0 aliphatic heterocycles. The second kappa shape index (κ2) is 4.06. The van der Waals surface area contributed by atoms with Crippen LogP contribution >= 0.6 is 11.3 Å². The number of nitrogen functional groups attached to an aromatic ring is 1. The van der Waals surface area contributed by atoms with Gasteiger partial charge in [-0.05, 0) is 25.0 Å². The molecular weight excluding hydrogens is 256 g/mol. The summed E-state index contributed by atoms with van der Waals surface area (Å²) in [7, 11) is 0. The zero-order chi connectivity index (χ0) is 12.8. The van der Waals surface area contributed by atoms with Crippen molar-refractivity contribution >= 4 is 27.5 Å². The number of nitrogens with two attached hydrogens (primary N) is 1. The molecule has 2 aromatic heterocycles. The first-order valence-electron chi connectivity index (χ1n) is 6.47. The third kappa shape index (κ3) is 1.90. The van der Waals surface area contributed by atoms with E-state index in [2.05, 4.69) is 27.8 Å². The third-order valence-corrected chi connectivity index (χ3v) is 4.21. The number of nitrogens with zero attached hydrogens (tertiary/aromatic N) is 3. The molecule has 1 aliphatic carbocycles. The first-order chi connectivity index (χ1) is 9.31. The van der Waals surface area contributed by atoms with E-state index in [-0.39, 0.29) is 0 Å². The van der Waals surface area contributed by atoms with E-state index < -0.39 is 0 Å². The highest BCUT2D eigenvalue weighted by Crippen LogP contribution is 2.39. The molecule has 0 spiro atoms. The van der Waals surface area contributed by atoms with Gasteiger partial charge in [0.15, 0.2) is 5.13 Å². The van der Waals surface area contributed by atoms with E-state index in [0.717, 1.165) is 23.5 Å². The number of rotatable bonds is 3. The molecule has 4 rings (SSSR count). The Labute approximate surface area is 114 Å². The minimum atomic E-state index is 0.624. The van der Waals surface area contributed by atoms with Crippen molar-refractivity contribution < 1.29 is 0 Å². The van der Waals surface area contributed by atoms with Gasteiger partial charge in [-0.3, -0.25) is 0 Å². The number of thiazole rings is 1. The van der Waals surface area contributed by atoms with Crippen LogP contribution in [0.5, 0.6) is 0 Å². The molecule has 1 saturated carbocycles. The molecule has 0 saturated heterocycles. The van der Waals surface area contributed by atoms with Gasteiger partial charge in [0.25, 0.3) is 0 Å². The number of fused-ring (bicyclic) bond motifs is 1. The first kappa shape index (κ1) is 11.0. The van der Waals surface area contributed by atoms with Crippen molar-refractivity contribution in [2.45, 2.75) is 25.3 Å². The summed E-state index contributed by atoms with van der Waals surface area (Å²) in [6.45, 7) is 0. The minimum absolute atomic E-state index is 0.624. The standard InChI is InChI=1S/C14H14N4S/c15-14-16-9(8-19-14)7-13-17-11-3-1-2-4-12(11)18(13)10-5-6-10/h1-4,8,10H,5-7H2,(H2,15,16). The average Bonchev–Trinajstić information content (AvgIpc) is 3.06. The molecule has 0 amide bonds. The molecule has 0 radical (unpaired) electrons. The Morgan fingerprint density at radius 1 is 1.26 bits per heavy atom. The number of para-hydroxylation sites is 2. The van der Waals surface area contributed by atoms with Crippen LogP contribution in [0.1, 0.15) is 30.4 Å². The lowest BCUT2D eigenvalue weighted by molar-refractivity contribution is 0.713. The highest BCUT2D eigenvalue weighted by Gasteiger charge is 2.28. The summed E-state index contributed by atoms with van der Waals surface area (Å²) in [5, 5.41) is 2.65. The van der Waals surface area contributed by atoms with E-state index in [1.165, 1.54) is 29.7 Å². The first-order valence-corrected chi connectivity index (χ1v) is 7.35. The Balaban J connectivity index is 1.82. The topological polar surface area (TPSA) is 56.7 Å². The SMILES string of the molecule is Nc1nc(Cc2nc3ccccc3n2C2CC2)cs1. The monoisotopic (exact) mass is 270 g/mol. The molecule has 3 aromatic rings. The summed E-state index contributed by atoms with van der Waals surface area (Å²) in [6, 6.07) is 8.97.